The van der Waals surface area contributed by atoms with Crippen molar-refractivity contribution in [3.8, 4) is 0 Å². The molecule has 1 N–H and O–H groups in total. The molecule has 0 heterocycles. The molecule has 0 aromatic heterocycles. The Labute approximate surface area is 61.4 Å². The predicted octanol–water partition coefficient (Wildman–Crippen LogP) is 0.642. The highest BCUT2D eigenvalue weighted by atomic mass is 32.1. The first-order valence-electron chi connectivity index (χ1n) is 3.18. The summed E-state index contributed by atoms with van der Waals surface area (Å²) in [6, 6.07) is 0. The molecule has 0 atom stereocenters. The Morgan fingerprint density at radius 2 is 2.33 bits per heavy atom. The fourth-order valence-electron chi connectivity index (χ4n) is 0.967. The van der Waals surface area contributed by atoms with E-state index in [2.05, 4.69) is 17.9 Å². The molecule has 1 aliphatic rings. The topological polar surface area (TPSA) is 21.3 Å². The highest BCUT2D eigenvalue weighted by Gasteiger charge is 2.41. The Balaban J connectivity index is 2.17. The maximum absolute atomic E-state index is 5.03. The molecular weight excluding hydrogens is 134 g/mol. The summed E-state index contributed by atoms with van der Waals surface area (Å²) in [5, 5.41) is 3.27. The minimum Gasteiger partial charge on any atom is -0.383 e. The Morgan fingerprint density at radius 1 is 1.67 bits per heavy atom. The molecule has 0 aromatic carbocycles. The van der Waals surface area contributed by atoms with Gasteiger partial charge in [0.25, 0.3) is 0 Å². The Hall–Kier alpha value is 0.270. The number of rotatable bonds is 4. The molecule has 0 aromatic rings. The smallest absolute Gasteiger partial charge is 0.0644 e. The van der Waals surface area contributed by atoms with Crippen molar-refractivity contribution in [1.82, 2.24) is 5.32 Å². The van der Waals surface area contributed by atoms with Gasteiger partial charge in [-0.05, 0) is 12.8 Å². The zero-order valence-corrected chi connectivity index (χ0v) is 6.58. The SMILES string of the molecule is COCC1(NCS)CC1. The summed E-state index contributed by atoms with van der Waals surface area (Å²) in [6.07, 6.45) is 2.48. The van der Waals surface area contributed by atoms with Gasteiger partial charge in [-0.3, -0.25) is 0 Å². The second kappa shape index (κ2) is 2.90. The zero-order chi connectivity index (χ0) is 6.74. The van der Waals surface area contributed by atoms with Crippen molar-refractivity contribution in [2.45, 2.75) is 18.4 Å². The lowest BCUT2D eigenvalue weighted by atomic mass is 10.3. The van der Waals surface area contributed by atoms with Crippen molar-refractivity contribution < 1.29 is 4.74 Å². The van der Waals surface area contributed by atoms with E-state index >= 15 is 0 Å². The van der Waals surface area contributed by atoms with Gasteiger partial charge in [0, 0.05) is 18.5 Å². The summed E-state index contributed by atoms with van der Waals surface area (Å²) in [6.45, 7) is 0.827. The van der Waals surface area contributed by atoms with Gasteiger partial charge < -0.3 is 10.1 Å². The molecule has 0 unspecified atom stereocenters. The molecule has 2 nitrogen and oxygen atoms in total. The van der Waals surface area contributed by atoms with Crippen LogP contribution in [-0.2, 0) is 4.74 Å². The predicted molar refractivity (Wildman–Crippen MR) is 40.8 cm³/mol. The summed E-state index contributed by atoms with van der Waals surface area (Å²) >= 11 is 4.08. The zero-order valence-electron chi connectivity index (χ0n) is 5.68. The molecule has 3 heteroatoms. The number of thiol groups is 1. The Morgan fingerprint density at radius 3 is 2.67 bits per heavy atom. The lowest BCUT2D eigenvalue weighted by molar-refractivity contribution is 0.160. The average Bonchev–Trinajstić information content (AvgIpc) is 2.51. The van der Waals surface area contributed by atoms with Gasteiger partial charge in [0.05, 0.1) is 6.61 Å². The first-order chi connectivity index (χ1) is 4.33. The van der Waals surface area contributed by atoms with Gasteiger partial charge in [-0.15, -0.1) is 0 Å². The lowest BCUT2D eigenvalue weighted by Crippen LogP contribution is -2.34. The first kappa shape index (κ1) is 7.38. The van der Waals surface area contributed by atoms with Gasteiger partial charge in [-0.1, -0.05) is 0 Å². The maximum Gasteiger partial charge on any atom is 0.0644 e. The monoisotopic (exact) mass is 147 g/mol. The number of hydrogen-bond donors (Lipinski definition) is 2. The van der Waals surface area contributed by atoms with Crippen molar-refractivity contribution in [1.29, 1.82) is 0 Å². The van der Waals surface area contributed by atoms with Gasteiger partial charge >= 0.3 is 0 Å². The van der Waals surface area contributed by atoms with Crippen LogP contribution in [0.4, 0.5) is 0 Å². The molecule has 0 bridgehead atoms. The number of methoxy groups -OCH3 is 1. The summed E-state index contributed by atoms with van der Waals surface area (Å²) in [7, 11) is 1.74. The van der Waals surface area contributed by atoms with Gasteiger partial charge in [-0.25, -0.2) is 0 Å². The van der Waals surface area contributed by atoms with E-state index in [1.54, 1.807) is 7.11 Å². The van der Waals surface area contributed by atoms with Crippen LogP contribution in [0.15, 0.2) is 0 Å². The van der Waals surface area contributed by atoms with E-state index < -0.39 is 0 Å². The number of nitrogens with one attached hydrogen (secondary N) is 1. The molecule has 1 aliphatic carbocycles. The van der Waals surface area contributed by atoms with Crippen LogP contribution in [0.1, 0.15) is 12.8 Å². The lowest BCUT2D eigenvalue weighted by Gasteiger charge is -2.13. The van der Waals surface area contributed by atoms with Crippen molar-refractivity contribution in [3.05, 3.63) is 0 Å². The van der Waals surface area contributed by atoms with Crippen LogP contribution in [0.5, 0.6) is 0 Å². The first-order valence-corrected chi connectivity index (χ1v) is 3.81. The fourth-order valence-corrected chi connectivity index (χ4v) is 1.30. The van der Waals surface area contributed by atoms with E-state index in [0.29, 0.717) is 5.54 Å². The minimum absolute atomic E-state index is 0.302. The molecule has 1 rings (SSSR count). The van der Waals surface area contributed by atoms with E-state index in [9.17, 15) is 0 Å². The third-order valence-electron chi connectivity index (χ3n) is 1.73. The summed E-state index contributed by atoms with van der Waals surface area (Å²) in [5.74, 6) is 0.753. The van der Waals surface area contributed by atoms with Crippen molar-refractivity contribution in [3.63, 3.8) is 0 Å². The van der Waals surface area contributed by atoms with Crippen LogP contribution in [0, 0.1) is 0 Å². The van der Waals surface area contributed by atoms with E-state index in [1.165, 1.54) is 12.8 Å². The molecule has 54 valence electrons. The van der Waals surface area contributed by atoms with Gasteiger partial charge in [0.1, 0.15) is 0 Å². The van der Waals surface area contributed by atoms with Crippen LogP contribution in [0.25, 0.3) is 0 Å². The molecule has 1 fully saturated rings. The molecule has 1 saturated carbocycles. The van der Waals surface area contributed by atoms with Crippen LogP contribution in [0.3, 0.4) is 0 Å². The molecular formula is C6H13NOS. The molecule has 9 heavy (non-hydrogen) atoms. The van der Waals surface area contributed by atoms with Crippen LogP contribution >= 0.6 is 12.6 Å². The van der Waals surface area contributed by atoms with Crippen molar-refractivity contribution >= 4 is 12.6 Å². The molecule has 0 radical (unpaired) electrons. The second-order valence-corrected chi connectivity index (χ2v) is 2.86. The number of hydrogen-bond acceptors (Lipinski definition) is 3. The minimum atomic E-state index is 0.302. The molecule has 0 amide bonds. The molecule has 0 spiro atoms. The summed E-state index contributed by atoms with van der Waals surface area (Å²) < 4.78 is 5.03. The average molecular weight is 147 g/mol. The van der Waals surface area contributed by atoms with Crippen LogP contribution < -0.4 is 5.32 Å². The van der Waals surface area contributed by atoms with Crippen molar-refractivity contribution in [2.75, 3.05) is 19.6 Å². The molecule has 0 saturated heterocycles. The highest BCUT2D eigenvalue weighted by molar-refractivity contribution is 7.80. The normalized spacial score (nSPS) is 22.0. The largest absolute Gasteiger partial charge is 0.383 e. The van der Waals surface area contributed by atoms with Gasteiger partial charge in [0.2, 0.25) is 0 Å². The van der Waals surface area contributed by atoms with Crippen LogP contribution in [-0.4, -0.2) is 25.1 Å². The Kier molecular flexibility index (Phi) is 2.38. The van der Waals surface area contributed by atoms with E-state index in [1.807, 2.05) is 0 Å². The fraction of sp³-hybridized carbons (Fsp3) is 1.00. The standard InChI is InChI=1S/C6H13NOS/c1-8-4-6(2-3-6)7-5-9/h7,9H,2-5H2,1H3. The molecule has 0 aliphatic heterocycles. The van der Waals surface area contributed by atoms with E-state index in [4.69, 9.17) is 4.74 Å². The summed E-state index contributed by atoms with van der Waals surface area (Å²) in [4.78, 5) is 0. The van der Waals surface area contributed by atoms with Gasteiger partial charge in [0.15, 0.2) is 0 Å². The van der Waals surface area contributed by atoms with Gasteiger partial charge in [-0.2, -0.15) is 12.6 Å². The third-order valence-corrected chi connectivity index (χ3v) is 1.89. The van der Waals surface area contributed by atoms with E-state index in [0.717, 1.165) is 12.5 Å². The maximum atomic E-state index is 5.03. The third kappa shape index (κ3) is 1.85. The van der Waals surface area contributed by atoms with E-state index in [-0.39, 0.29) is 0 Å². The number of ether oxygens (including phenoxy) is 1. The Bertz CT molecular complexity index is 85.1. The second-order valence-electron chi connectivity index (χ2n) is 2.55. The van der Waals surface area contributed by atoms with Crippen LogP contribution in [0.2, 0.25) is 0 Å². The van der Waals surface area contributed by atoms with Crippen molar-refractivity contribution in [2.24, 2.45) is 0 Å². The highest BCUT2D eigenvalue weighted by Crippen LogP contribution is 2.35. The summed E-state index contributed by atoms with van der Waals surface area (Å²) in [5.41, 5.74) is 0.302. The quantitative estimate of drug-likeness (QED) is 0.450.